The number of hydrogen-bond acceptors (Lipinski definition) is 7. The van der Waals surface area contributed by atoms with E-state index in [9.17, 15) is 9.59 Å². The van der Waals surface area contributed by atoms with Gasteiger partial charge in [0.15, 0.2) is 5.16 Å². The van der Waals surface area contributed by atoms with Crippen LogP contribution in [0.2, 0.25) is 0 Å². The monoisotopic (exact) mass is 428 g/mol. The summed E-state index contributed by atoms with van der Waals surface area (Å²) in [6.07, 6.45) is 4.51. The number of primary amides is 1. The van der Waals surface area contributed by atoms with Crippen molar-refractivity contribution >= 4 is 23.3 Å². The molecule has 0 saturated carbocycles. The molecule has 3 aromatic rings. The molecule has 0 spiro atoms. The largest absolute Gasteiger partial charge is 0.376 e. The van der Waals surface area contributed by atoms with E-state index in [-0.39, 0.29) is 24.0 Å². The number of amides is 1. The van der Waals surface area contributed by atoms with E-state index in [0.29, 0.717) is 35.9 Å². The van der Waals surface area contributed by atoms with Crippen molar-refractivity contribution in [2.24, 2.45) is 5.73 Å². The first-order chi connectivity index (χ1) is 14.5. The number of carbonyl (C=O) groups excluding carboxylic acids is 1. The van der Waals surface area contributed by atoms with Crippen LogP contribution >= 0.6 is 11.8 Å². The zero-order chi connectivity index (χ0) is 21.1. The number of rotatable bonds is 8. The van der Waals surface area contributed by atoms with Crippen molar-refractivity contribution in [2.75, 3.05) is 6.61 Å². The Morgan fingerprint density at radius 1 is 1.40 bits per heavy atom. The molecule has 1 aliphatic heterocycles. The van der Waals surface area contributed by atoms with Crippen LogP contribution in [0, 0.1) is 6.92 Å². The fourth-order valence-corrected chi connectivity index (χ4v) is 4.40. The summed E-state index contributed by atoms with van der Waals surface area (Å²) in [5.41, 5.74) is 7.47. The molecule has 10 heteroatoms. The predicted molar refractivity (Wildman–Crippen MR) is 112 cm³/mol. The van der Waals surface area contributed by atoms with Gasteiger partial charge in [-0.15, -0.1) is 10.2 Å². The van der Waals surface area contributed by atoms with Gasteiger partial charge in [0.05, 0.1) is 18.3 Å². The molecule has 3 aromatic heterocycles. The number of nitrogens with zero attached hydrogens (tertiary/aromatic N) is 5. The average Bonchev–Trinajstić information content (AvgIpc) is 3.36. The summed E-state index contributed by atoms with van der Waals surface area (Å²) >= 11 is 1.47. The number of pyridine rings is 1. The second-order valence-electron chi connectivity index (χ2n) is 7.37. The minimum Gasteiger partial charge on any atom is -0.376 e. The van der Waals surface area contributed by atoms with Crippen LogP contribution in [0.25, 0.3) is 5.65 Å². The van der Waals surface area contributed by atoms with Gasteiger partial charge >= 0.3 is 0 Å². The van der Waals surface area contributed by atoms with Gasteiger partial charge in [0, 0.05) is 37.5 Å². The van der Waals surface area contributed by atoms with E-state index in [1.54, 1.807) is 16.7 Å². The fourth-order valence-electron chi connectivity index (χ4n) is 3.54. The lowest BCUT2D eigenvalue weighted by Gasteiger charge is -2.14. The van der Waals surface area contributed by atoms with Crippen LogP contribution in [0.4, 0.5) is 0 Å². The molecular formula is C20H24N6O3S. The Kier molecular flexibility index (Phi) is 6.14. The molecule has 0 radical (unpaired) electrons. The smallest absolute Gasteiger partial charge is 0.258 e. The topological polar surface area (TPSA) is 117 Å². The summed E-state index contributed by atoms with van der Waals surface area (Å²) in [7, 11) is 0. The van der Waals surface area contributed by atoms with Crippen molar-refractivity contribution in [3.63, 3.8) is 0 Å². The molecule has 4 rings (SSSR count). The van der Waals surface area contributed by atoms with E-state index in [2.05, 4.69) is 15.2 Å². The molecule has 158 valence electrons. The molecule has 1 unspecified atom stereocenters. The lowest BCUT2D eigenvalue weighted by atomic mass is 10.2. The molecule has 1 aliphatic rings. The van der Waals surface area contributed by atoms with E-state index in [1.807, 2.05) is 23.6 Å². The zero-order valence-electron chi connectivity index (χ0n) is 16.8. The van der Waals surface area contributed by atoms with Gasteiger partial charge in [0.25, 0.3) is 5.56 Å². The Hall–Kier alpha value is -2.72. The van der Waals surface area contributed by atoms with Gasteiger partial charge in [-0.05, 0) is 31.4 Å². The maximum absolute atomic E-state index is 12.4. The Morgan fingerprint density at radius 3 is 3.03 bits per heavy atom. The van der Waals surface area contributed by atoms with E-state index in [4.69, 9.17) is 10.5 Å². The molecule has 9 nitrogen and oxygen atoms in total. The van der Waals surface area contributed by atoms with Crippen LogP contribution in [-0.4, -0.2) is 42.8 Å². The summed E-state index contributed by atoms with van der Waals surface area (Å²) in [5.74, 6) is 0.834. The van der Waals surface area contributed by atoms with Crippen molar-refractivity contribution in [1.82, 2.24) is 24.1 Å². The molecule has 1 fully saturated rings. The molecule has 4 heterocycles. The van der Waals surface area contributed by atoms with Crippen LogP contribution in [-0.2, 0) is 28.2 Å². The highest BCUT2D eigenvalue weighted by atomic mass is 32.2. The maximum atomic E-state index is 12.4. The first-order valence-corrected chi connectivity index (χ1v) is 10.9. The number of aryl methyl sites for hydroxylation is 2. The average molecular weight is 429 g/mol. The van der Waals surface area contributed by atoms with Crippen molar-refractivity contribution in [2.45, 2.75) is 56.2 Å². The molecule has 0 aromatic carbocycles. The summed E-state index contributed by atoms with van der Waals surface area (Å²) in [6, 6.07) is 5.32. The third kappa shape index (κ3) is 4.54. The normalized spacial score (nSPS) is 16.4. The van der Waals surface area contributed by atoms with Crippen molar-refractivity contribution < 1.29 is 9.53 Å². The third-order valence-corrected chi connectivity index (χ3v) is 6.09. The molecular weight excluding hydrogens is 404 g/mol. The van der Waals surface area contributed by atoms with Crippen LogP contribution in [0.1, 0.15) is 36.3 Å². The number of carbonyl (C=O) groups is 1. The quantitative estimate of drug-likeness (QED) is 0.540. The van der Waals surface area contributed by atoms with Crippen molar-refractivity contribution in [3.05, 3.63) is 51.8 Å². The molecule has 30 heavy (non-hydrogen) atoms. The summed E-state index contributed by atoms with van der Waals surface area (Å²) in [4.78, 5) is 28.3. The Labute approximate surface area is 177 Å². The minimum atomic E-state index is -0.368. The van der Waals surface area contributed by atoms with Crippen LogP contribution in [0.5, 0.6) is 0 Å². The van der Waals surface area contributed by atoms with E-state index in [1.165, 1.54) is 11.8 Å². The zero-order valence-corrected chi connectivity index (χ0v) is 17.6. The molecule has 0 bridgehead atoms. The van der Waals surface area contributed by atoms with Crippen LogP contribution < -0.4 is 11.3 Å². The van der Waals surface area contributed by atoms with Crippen molar-refractivity contribution in [1.29, 1.82) is 0 Å². The van der Waals surface area contributed by atoms with Gasteiger partial charge in [-0.3, -0.25) is 14.0 Å². The summed E-state index contributed by atoms with van der Waals surface area (Å²) < 4.78 is 9.32. The van der Waals surface area contributed by atoms with Gasteiger partial charge < -0.3 is 15.0 Å². The first kappa shape index (κ1) is 20.5. The minimum absolute atomic E-state index is 0.109. The van der Waals surface area contributed by atoms with Gasteiger partial charge in [-0.2, -0.15) is 0 Å². The number of aromatic nitrogens is 5. The molecule has 0 aliphatic carbocycles. The van der Waals surface area contributed by atoms with Gasteiger partial charge in [0.1, 0.15) is 11.5 Å². The fraction of sp³-hybridized carbons (Fsp3) is 0.450. The standard InChI is InChI=1S/C20H24N6O3S/c1-13-4-2-8-25-18(28)10-14(22-19(13)25)12-30-20-24-23-17(7-6-16(21)27)26(20)11-15-5-3-9-29-15/h2,4,8,10,15H,3,5-7,9,11-12H2,1H3,(H2,21,27). The lowest BCUT2D eigenvalue weighted by Crippen LogP contribution is -2.19. The SMILES string of the molecule is Cc1cccn2c(=O)cc(CSc3nnc(CCC(N)=O)n3CC3CCCO3)nc12. The lowest BCUT2D eigenvalue weighted by molar-refractivity contribution is -0.118. The second-order valence-corrected chi connectivity index (χ2v) is 8.31. The molecule has 1 saturated heterocycles. The molecule has 1 atom stereocenters. The third-order valence-electron chi connectivity index (χ3n) is 5.09. The highest BCUT2D eigenvalue weighted by Crippen LogP contribution is 2.24. The highest BCUT2D eigenvalue weighted by Gasteiger charge is 2.21. The number of fused-ring (bicyclic) bond motifs is 1. The molecule has 1 amide bonds. The Bertz CT molecular complexity index is 1120. The van der Waals surface area contributed by atoms with E-state index >= 15 is 0 Å². The summed E-state index contributed by atoms with van der Waals surface area (Å²) in [6.45, 7) is 3.33. The van der Waals surface area contributed by atoms with Gasteiger partial charge in [0.2, 0.25) is 5.91 Å². The van der Waals surface area contributed by atoms with Crippen LogP contribution in [0.15, 0.2) is 34.3 Å². The maximum Gasteiger partial charge on any atom is 0.258 e. The van der Waals surface area contributed by atoms with Crippen molar-refractivity contribution in [3.8, 4) is 0 Å². The highest BCUT2D eigenvalue weighted by molar-refractivity contribution is 7.98. The predicted octanol–water partition coefficient (Wildman–Crippen LogP) is 1.48. The van der Waals surface area contributed by atoms with E-state index < -0.39 is 0 Å². The Balaban J connectivity index is 1.56. The van der Waals surface area contributed by atoms with Crippen LogP contribution in [0.3, 0.4) is 0 Å². The van der Waals surface area contributed by atoms with Gasteiger partial charge in [-0.1, -0.05) is 17.8 Å². The van der Waals surface area contributed by atoms with Gasteiger partial charge in [-0.25, -0.2) is 4.98 Å². The number of ether oxygens (including phenoxy) is 1. The number of hydrogen-bond donors (Lipinski definition) is 1. The Morgan fingerprint density at radius 2 is 2.27 bits per heavy atom. The summed E-state index contributed by atoms with van der Waals surface area (Å²) in [5, 5.41) is 9.30. The number of nitrogens with two attached hydrogens (primary N) is 1. The number of thioether (sulfide) groups is 1. The van der Waals surface area contributed by atoms with E-state index in [0.717, 1.165) is 30.2 Å². The molecule has 2 N–H and O–H groups in total. The first-order valence-electron chi connectivity index (χ1n) is 9.94. The second kappa shape index (κ2) is 8.97.